The standard InChI is InChI=1S/C51H34N2S/c1-51(2)44-29-34(23-24-38(44)43-27-32-15-6-7-16-33(32)28-45(43)51)35-25-26-41(37-18-9-8-17-36(35)37)50-52-46(31-13-4-3-5-14-31)30-47(53-50)42-21-12-20-40-39-19-10-11-22-48(39)54-49(40)42/h3-30H,1-2H3. The molecule has 10 aromatic rings. The number of rotatable bonds is 4. The molecular formula is C51H34N2S. The lowest BCUT2D eigenvalue weighted by Gasteiger charge is -2.22. The number of nitrogens with zero attached hydrogens (tertiary/aromatic N) is 2. The SMILES string of the molecule is CC1(C)c2cc(-c3ccc(-c4nc(-c5ccccc5)cc(-c5cccc6c5sc5ccccc56)n4)c4ccccc34)ccc2-c2cc3ccccc3cc21. The van der Waals surface area contributed by atoms with Crippen LogP contribution in [0.15, 0.2) is 170 Å². The average Bonchev–Trinajstić information content (AvgIpc) is 3.71. The van der Waals surface area contributed by atoms with Crippen LogP contribution in [0.3, 0.4) is 0 Å². The number of aromatic nitrogens is 2. The molecule has 0 amide bonds. The highest BCUT2D eigenvalue weighted by atomic mass is 32.1. The second-order valence-electron chi connectivity index (χ2n) is 14.9. The topological polar surface area (TPSA) is 25.8 Å². The Hall–Kier alpha value is -6.42. The first kappa shape index (κ1) is 31.1. The lowest BCUT2D eigenvalue weighted by atomic mass is 9.81. The van der Waals surface area contributed by atoms with E-state index in [2.05, 4.69) is 184 Å². The van der Waals surface area contributed by atoms with Crippen molar-refractivity contribution >= 4 is 53.1 Å². The van der Waals surface area contributed by atoms with Crippen molar-refractivity contribution in [2.45, 2.75) is 19.3 Å². The first-order valence-electron chi connectivity index (χ1n) is 18.6. The molecule has 0 atom stereocenters. The average molecular weight is 707 g/mol. The first-order chi connectivity index (χ1) is 26.5. The highest BCUT2D eigenvalue weighted by Gasteiger charge is 2.36. The van der Waals surface area contributed by atoms with Crippen LogP contribution in [0.25, 0.3) is 97.9 Å². The van der Waals surface area contributed by atoms with E-state index in [0.29, 0.717) is 0 Å². The number of hydrogen-bond donors (Lipinski definition) is 0. The fraction of sp³-hybridized carbons (Fsp3) is 0.0588. The highest BCUT2D eigenvalue weighted by molar-refractivity contribution is 7.26. The molecule has 0 spiro atoms. The minimum Gasteiger partial charge on any atom is -0.228 e. The molecule has 0 fully saturated rings. The van der Waals surface area contributed by atoms with Gasteiger partial charge in [-0.05, 0) is 91.3 Å². The van der Waals surface area contributed by atoms with Crippen LogP contribution in [-0.2, 0) is 5.41 Å². The van der Waals surface area contributed by atoms with E-state index in [9.17, 15) is 0 Å². The summed E-state index contributed by atoms with van der Waals surface area (Å²) in [4.78, 5) is 10.7. The van der Waals surface area contributed by atoms with Gasteiger partial charge < -0.3 is 0 Å². The Kier molecular flexibility index (Phi) is 6.80. The summed E-state index contributed by atoms with van der Waals surface area (Å²) in [6.45, 7) is 4.73. The molecule has 0 unspecified atom stereocenters. The first-order valence-corrected chi connectivity index (χ1v) is 19.4. The minimum absolute atomic E-state index is 0.111. The van der Waals surface area contributed by atoms with Gasteiger partial charge in [-0.2, -0.15) is 0 Å². The maximum absolute atomic E-state index is 5.38. The molecule has 0 N–H and O–H groups in total. The molecule has 0 saturated heterocycles. The van der Waals surface area contributed by atoms with Gasteiger partial charge >= 0.3 is 0 Å². The Balaban J connectivity index is 1.08. The molecule has 2 nitrogen and oxygen atoms in total. The number of hydrogen-bond acceptors (Lipinski definition) is 3. The van der Waals surface area contributed by atoms with Crippen LogP contribution in [0.5, 0.6) is 0 Å². The maximum Gasteiger partial charge on any atom is 0.161 e. The zero-order valence-corrected chi connectivity index (χ0v) is 30.8. The Morgan fingerprint density at radius 3 is 1.87 bits per heavy atom. The predicted molar refractivity (Wildman–Crippen MR) is 229 cm³/mol. The van der Waals surface area contributed by atoms with Gasteiger partial charge in [0.1, 0.15) is 0 Å². The van der Waals surface area contributed by atoms with Crippen LogP contribution in [0.4, 0.5) is 0 Å². The van der Waals surface area contributed by atoms with Gasteiger partial charge in [0, 0.05) is 42.3 Å². The van der Waals surface area contributed by atoms with Gasteiger partial charge in [0.2, 0.25) is 0 Å². The summed E-state index contributed by atoms with van der Waals surface area (Å²) >= 11 is 1.83. The third-order valence-electron chi connectivity index (χ3n) is 11.5. The van der Waals surface area contributed by atoms with E-state index in [1.165, 1.54) is 69.7 Å². The van der Waals surface area contributed by atoms with Gasteiger partial charge in [0.05, 0.1) is 11.4 Å². The fourth-order valence-corrected chi connectivity index (χ4v) is 9.97. The second kappa shape index (κ2) is 11.8. The smallest absolute Gasteiger partial charge is 0.161 e. The van der Waals surface area contributed by atoms with Gasteiger partial charge in [0.25, 0.3) is 0 Å². The summed E-state index contributed by atoms with van der Waals surface area (Å²) in [7, 11) is 0. The molecule has 0 bridgehead atoms. The van der Waals surface area contributed by atoms with Crippen LogP contribution >= 0.6 is 11.3 Å². The molecule has 2 heterocycles. The summed E-state index contributed by atoms with van der Waals surface area (Å²) in [5.41, 5.74) is 12.8. The third-order valence-corrected chi connectivity index (χ3v) is 12.7. The molecule has 0 radical (unpaired) electrons. The van der Waals surface area contributed by atoms with Gasteiger partial charge in [-0.15, -0.1) is 11.3 Å². The number of fused-ring (bicyclic) bond motifs is 8. The molecule has 11 rings (SSSR count). The van der Waals surface area contributed by atoms with Crippen molar-refractivity contribution in [3.8, 4) is 56.2 Å². The van der Waals surface area contributed by atoms with Gasteiger partial charge in [-0.25, -0.2) is 9.97 Å². The Morgan fingerprint density at radius 2 is 1.04 bits per heavy atom. The summed E-state index contributed by atoms with van der Waals surface area (Å²) < 4.78 is 2.53. The zero-order valence-electron chi connectivity index (χ0n) is 30.0. The molecule has 0 aliphatic heterocycles. The minimum atomic E-state index is -0.111. The molecule has 8 aromatic carbocycles. The molecule has 254 valence electrons. The monoisotopic (exact) mass is 706 g/mol. The van der Waals surface area contributed by atoms with Crippen molar-refractivity contribution in [2.75, 3.05) is 0 Å². The normalized spacial score (nSPS) is 13.1. The molecule has 2 aromatic heterocycles. The molecule has 1 aliphatic rings. The highest BCUT2D eigenvalue weighted by Crippen LogP contribution is 2.51. The lowest BCUT2D eigenvalue weighted by molar-refractivity contribution is 0.661. The predicted octanol–water partition coefficient (Wildman–Crippen LogP) is 14.1. The van der Waals surface area contributed by atoms with Crippen molar-refractivity contribution in [3.63, 3.8) is 0 Å². The summed E-state index contributed by atoms with van der Waals surface area (Å²) in [6, 6.07) is 61.7. The van der Waals surface area contributed by atoms with Crippen molar-refractivity contribution in [1.29, 1.82) is 0 Å². The van der Waals surface area contributed by atoms with Crippen molar-refractivity contribution in [1.82, 2.24) is 9.97 Å². The molecule has 1 aliphatic carbocycles. The molecular weight excluding hydrogens is 673 g/mol. The number of thiophene rings is 1. The van der Waals surface area contributed by atoms with E-state index in [1.807, 2.05) is 11.3 Å². The Morgan fingerprint density at radius 1 is 0.407 bits per heavy atom. The third kappa shape index (κ3) is 4.72. The van der Waals surface area contributed by atoms with Gasteiger partial charge in [0.15, 0.2) is 5.82 Å². The summed E-state index contributed by atoms with van der Waals surface area (Å²) in [5, 5.41) is 7.45. The van der Waals surface area contributed by atoms with Crippen LogP contribution in [0.1, 0.15) is 25.0 Å². The molecule has 54 heavy (non-hydrogen) atoms. The van der Waals surface area contributed by atoms with Gasteiger partial charge in [-0.1, -0.05) is 147 Å². The van der Waals surface area contributed by atoms with Crippen molar-refractivity contribution < 1.29 is 0 Å². The van der Waals surface area contributed by atoms with E-state index >= 15 is 0 Å². The van der Waals surface area contributed by atoms with E-state index in [4.69, 9.17) is 9.97 Å². The lowest BCUT2D eigenvalue weighted by Crippen LogP contribution is -2.15. The molecule has 0 saturated carbocycles. The van der Waals surface area contributed by atoms with Crippen LogP contribution in [0, 0.1) is 0 Å². The quantitative estimate of drug-likeness (QED) is 0.182. The largest absolute Gasteiger partial charge is 0.228 e. The van der Waals surface area contributed by atoms with E-state index in [1.54, 1.807) is 0 Å². The van der Waals surface area contributed by atoms with Crippen molar-refractivity contribution in [2.24, 2.45) is 0 Å². The summed E-state index contributed by atoms with van der Waals surface area (Å²) in [6.07, 6.45) is 0. The number of benzene rings is 8. The van der Waals surface area contributed by atoms with Gasteiger partial charge in [-0.3, -0.25) is 0 Å². The van der Waals surface area contributed by atoms with Crippen LogP contribution < -0.4 is 0 Å². The van der Waals surface area contributed by atoms with Crippen LogP contribution in [-0.4, -0.2) is 9.97 Å². The van der Waals surface area contributed by atoms with Crippen LogP contribution in [0.2, 0.25) is 0 Å². The van der Waals surface area contributed by atoms with E-state index in [-0.39, 0.29) is 5.41 Å². The Bertz CT molecular complexity index is 3130. The molecule has 3 heteroatoms. The maximum atomic E-state index is 5.38. The van der Waals surface area contributed by atoms with E-state index in [0.717, 1.165) is 39.3 Å². The second-order valence-corrected chi connectivity index (χ2v) is 16.0. The van der Waals surface area contributed by atoms with Crippen molar-refractivity contribution in [3.05, 3.63) is 181 Å². The Labute approximate surface area is 318 Å². The fourth-order valence-electron chi connectivity index (χ4n) is 8.75. The van der Waals surface area contributed by atoms with E-state index < -0.39 is 0 Å². The summed E-state index contributed by atoms with van der Waals surface area (Å²) in [5.74, 6) is 0.727. The zero-order chi connectivity index (χ0) is 36.0.